The SMILES string of the molecule is O[C@@H]1CCN(c2ccc3cc(Br)ccc3n2)C1. The van der Waals surface area contributed by atoms with E-state index < -0.39 is 0 Å². The molecule has 0 radical (unpaired) electrons. The maximum atomic E-state index is 9.53. The van der Waals surface area contributed by atoms with Gasteiger partial charge in [-0.2, -0.15) is 0 Å². The van der Waals surface area contributed by atoms with E-state index in [2.05, 4.69) is 37.9 Å². The van der Waals surface area contributed by atoms with Gasteiger partial charge in [0.05, 0.1) is 11.6 Å². The van der Waals surface area contributed by atoms with Crippen molar-refractivity contribution < 1.29 is 5.11 Å². The molecule has 0 aliphatic carbocycles. The van der Waals surface area contributed by atoms with E-state index in [4.69, 9.17) is 0 Å². The number of halogens is 1. The Morgan fingerprint density at radius 1 is 1.29 bits per heavy atom. The third kappa shape index (κ3) is 2.15. The fourth-order valence-corrected chi connectivity index (χ4v) is 2.59. The summed E-state index contributed by atoms with van der Waals surface area (Å²) in [5.74, 6) is 0.955. The summed E-state index contributed by atoms with van der Waals surface area (Å²) in [6, 6.07) is 10.2. The Morgan fingerprint density at radius 2 is 2.18 bits per heavy atom. The second-order valence-corrected chi connectivity index (χ2v) is 5.31. The van der Waals surface area contributed by atoms with Crippen LogP contribution in [0.5, 0.6) is 0 Å². The normalized spacial score (nSPS) is 20.1. The van der Waals surface area contributed by atoms with Crippen molar-refractivity contribution in [2.45, 2.75) is 12.5 Å². The van der Waals surface area contributed by atoms with Crippen LogP contribution in [0.2, 0.25) is 0 Å². The van der Waals surface area contributed by atoms with Crippen LogP contribution in [0.15, 0.2) is 34.8 Å². The Hall–Kier alpha value is -1.13. The maximum Gasteiger partial charge on any atom is 0.129 e. The van der Waals surface area contributed by atoms with Gasteiger partial charge in [-0.3, -0.25) is 0 Å². The summed E-state index contributed by atoms with van der Waals surface area (Å²) in [5.41, 5.74) is 0.993. The van der Waals surface area contributed by atoms with Crippen molar-refractivity contribution >= 4 is 32.7 Å². The van der Waals surface area contributed by atoms with Crippen LogP contribution < -0.4 is 4.90 Å². The average Bonchev–Trinajstić information content (AvgIpc) is 2.75. The first-order valence-electron chi connectivity index (χ1n) is 5.72. The molecule has 17 heavy (non-hydrogen) atoms. The molecule has 0 spiro atoms. The molecule has 1 N–H and O–H groups in total. The second kappa shape index (κ2) is 4.27. The zero-order chi connectivity index (χ0) is 11.8. The lowest BCUT2D eigenvalue weighted by Gasteiger charge is -2.16. The lowest BCUT2D eigenvalue weighted by Crippen LogP contribution is -2.22. The number of anilines is 1. The topological polar surface area (TPSA) is 36.4 Å². The van der Waals surface area contributed by atoms with Gasteiger partial charge in [-0.05, 0) is 36.8 Å². The third-order valence-electron chi connectivity index (χ3n) is 3.12. The van der Waals surface area contributed by atoms with Gasteiger partial charge in [0.15, 0.2) is 0 Å². The van der Waals surface area contributed by atoms with Gasteiger partial charge >= 0.3 is 0 Å². The van der Waals surface area contributed by atoms with Crippen LogP contribution in [-0.4, -0.2) is 29.3 Å². The van der Waals surface area contributed by atoms with Crippen LogP contribution in [0, 0.1) is 0 Å². The number of benzene rings is 1. The van der Waals surface area contributed by atoms with Crippen LogP contribution in [0.25, 0.3) is 10.9 Å². The monoisotopic (exact) mass is 292 g/mol. The van der Waals surface area contributed by atoms with Gasteiger partial charge in [0.25, 0.3) is 0 Å². The standard InChI is InChI=1S/C13H13BrN2O/c14-10-2-3-12-9(7-10)1-4-13(15-12)16-6-5-11(17)8-16/h1-4,7,11,17H,5-6,8H2/t11-/m1/s1. The summed E-state index contributed by atoms with van der Waals surface area (Å²) in [6.07, 6.45) is 0.623. The number of nitrogens with zero attached hydrogens (tertiary/aromatic N) is 2. The molecular weight excluding hydrogens is 280 g/mol. The van der Waals surface area contributed by atoms with Crippen molar-refractivity contribution in [1.29, 1.82) is 0 Å². The zero-order valence-electron chi connectivity index (χ0n) is 9.31. The molecule has 2 aromatic rings. The van der Waals surface area contributed by atoms with Crippen molar-refractivity contribution in [3.63, 3.8) is 0 Å². The van der Waals surface area contributed by atoms with Gasteiger partial charge in [0.1, 0.15) is 5.82 Å². The molecule has 1 aliphatic rings. The number of rotatable bonds is 1. The molecule has 88 valence electrons. The molecule has 3 nitrogen and oxygen atoms in total. The van der Waals surface area contributed by atoms with Crippen LogP contribution in [-0.2, 0) is 0 Å². The largest absolute Gasteiger partial charge is 0.391 e. The van der Waals surface area contributed by atoms with Crippen LogP contribution in [0.3, 0.4) is 0 Å². The number of aliphatic hydroxyl groups is 1. The Morgan fingerprint density at radius 3 is 2.94 bits per heavy atom. The van der Waals surface area contributed by atoms with Crippen LogP contribution in [0.1, 0.15) is 6.42 Å². The molecule has 1 atom stereocenters. The van der Waals surface area contributed by atoms with E-state index in [9.17, 15) is 5.11 Å². The minimum Gasteiger partial charge on any atom is -0.391 e. The van der Waals surface area contributed by atoms with Gasteiger partial charge in [0.2, 0.25) is 0 Å². The van der Waals surface area contributed by atoms with Crippen molar-refractivity contribution in [2.75, 3.05) is 18.0 Å². The highest BCUT2D eigenvalue weighted by molar-refractivity contribution is 9.10. The lowest BCUT2D eigenvalue weighted by molar-refractivity contribution is 0.198. The predicted octanol–water partition coefficient (Wildman–Crippen LogP) is 2.57. The molecule has 1 aromatic heterocycles. The number of β-amino-alcohol motifs (C(OH)–C–C–N with tert-alkyl or cyclic N) is 1. The van der Waals surface area contributed by atoms with E-state index >= 15 is 0 Å². The van der Waals surface area contributed by atoms with Crippen molar-refractivity contribution in [1.82, 2.24) is 4.98 Å². The van der Waals surface area contributed by atoms with E-state index in [1.165, 1.54) is 0 Å². The number of aromatic nitrogens is 1. The lowest BCUT2D eigenvalue weighted by atomic mass is 10.2. The number of fused-ring (bicyclic) bond motifs is 1. The maximum absolute atomic E-state index is 9.53. The van der Waals surface area contributed by atoms with E-state index in [0.29, 0.717) is 6.54 Å². The smallest absolute Gasteiger partial charge is 0.129 e. The molecule has 0 unspecified atom stereocenters. The summed E-state index contributed by atoms with van der Waals surface area (Å²) >= 11 is 3.45. The highest BCUT2D eigenvalue weighted by atomic mass is 79.9. The molecule has 3 rings (SSSR count). The highest BCUT2D eigenvalue weighted by Crippen LogP contribution is 2.23. The Balaban J connectivity index is 1.99. The molecule has 4 heteroatoms. The summed E-state index contributed by atoms with van der Waals surface area (Å²) in [7, 11) is 0. The van der Waals surface area contributed by atoms with Gasteiger partial charge in [-0.25, -0.2) is 4.98 Å². The summed E-state index contributed by atoms with van der Waals surface area (Å²) in [6.45, 7) is 1.57. The van der Waals surface area contributed by atoms with Crippen molar-refractivity contribution in [3.05, 3.63) is 34.8 Å². The minimum absolute atomic E-state index is 0.211. The molecule has 2 heterocycles. The first-order valence-corrected chi connectivity index (χ1v) is 6.51. The predicted molar refractivity (Wildman–Crippen MR) is 72.3 cm³/mol. The number of aliphatic hydroxyl groups excluding tert-OH is 1. The molecule has 0 bridgehead atoms. The van der Waals surface area contributed by atoms with E-state index in [1.54, 1.807) is 0 Å². The van der Waals surface area contributed by atoms with Crippen molar-refractivity contribution in [3.8, 4) is 0 Å². The van der Waals surface area contributed by atoms with E-state index in [1.807, 2.05) is 18.2 Å². The Kier molecular flexibility index (Phi) is 2.76. The van der Waals surface area contributed by atoms with Crippen LogP contribution >= 0.6 is 15.9 Å². The van der Waals surface area contributed by atoms with Gasteiger partial charge in [-0.15, -0.1) is 0 Å². The minimum atomic E-state index is -0.211. The zero-order valence-corrected chi connectivity index (χ0v) is 10.9. The number of pyridine rings is 1. The fourth-order valence-electron chi connectivity index (χ4n) is 2.21. The molecule has 0 amide bonds. The molecule has 1 fully saturated rings. The Labute approximate surface area is 108 Å². The third-order valence-corrected chi connectivity index (χ3v) is 3.62. The summed E-state index contributed by atoms with van der Waals surface area (Å²) < 4.78 is 1.07. The van der Waals surface area contributed by atoms with E-state index in [0.717, 1.165) is 34.2 Å². The summed E-state index contributed by atoms with van der Waals surface area (Å²) in [4.78, 5) is 6.76. The van der Waals surface area contributed by atoms with Gasteiger partial charge in [0, 0.05) is 22.9 Å². The molecule has 1 aromatic carbocycles. The molecule has 1 saturated heterocycles. The molecular formula is C13H13BrN2O. The van der Waals surface area contributed by atoms with E-state index in [-0.39, 0.29) is 6.10 Å². The fraction of sp³-hybridized carbons (Fsp3) is 0.308. The molecule has 0 saturated carbocycles. The average molecular weight is 293 g/mol. The first-order chi connectivity index (χ1) is 8.22. The summed E-state index contributed by atoms with van der Waals surface area (Å²) in [5, 5.41) is 10.7. The number of hydrogen-bond acceptors (Lipinski definition) is 3. The number of hydrogen-bond donors (Lipinski definition) is 1. The van der Waals surface area contributed by atoms with Crippen molar-refractivity contribution in [2.24, 2.45) is 0 Å². The highest BCUT2D eigenvalue weighted by Gasteiger charge is 2.21. The first kappa shape index (κ1) is 11.0. The molecule has 1 aliphatic heterocycles. The van der Waals surface area contributed by atoms with Gasteiger partial charge in [-0.1, -0.05) is 15.9 Å². The second-order valence-electron chi connectivity index (χ2n) is 4.39. The van der Waals surface area contributed by atoms with Crippen LogP contribution in [0.4, 0.5) is 5.82 Å². The quantitative estimate of drug-likeness (QED) is 0.878. The van der Waals surface area contributed by atoms with Gasteiger partial charge < -0.3 is 10.0 Å². The Bertz CT molecular complexity index is 558.